The Hall–Kier alpha value is -3.04. The zero-order valence-electron chi connectivity index (χ0n) is 16.5. The van der Waals surface area contributed by atoms with E-state index in [4.69, 9.17) is 0 Å². The van der Waals surface area contributed by atoms with Gasteiger partial charge in [0.1, 0.15) is 12.7 Å². The van der Waals surface area contributed by atoms with Crippen molar-refractivity contribution < 1.29 is 13.2 Å². The van der Waals surface area contributed by atoms with Crippen molar-refractivity contribution in [2.45, 2.75) is 17.9 Å². The molecule has 0 radical (unpaired) electrons. The molecule has 0 aliphatic rings. The molecule has 1 aromatic heterocycles. The van der Waals surface area contributed by atoms with Gasteiger partial charge < -0.3 is 4.90 Å². The second-order valence-corrected chi connectivity index (χ2v) is 8.73. The molecule has 0 N–H and O–H groups in total. The minimum absolute atomic E-state index is 0.162. The predicted octanol–water partition coefficient (Wildman–Crippen LogP) is 2.11. The van der Waals surface area contributed by atoms with Crippen LogP contribution in [0.15, 0.2) is 72.1 Å². The molecule has 0 bridgehead atoms. The van der Waals surface area contributed by atoms with E-state index >= 15 is 0 Å². The summed E-state index contributed by atoms with van der Waals surface area (Å²) < 4.78 is 28.0. The number of hydrogen-bond donors (Lipinski definition) is 0. The van der Waals surface area contributed by atoms with Gasteiger partial charge >= 0.3 is 0 Å². The monoisotopic (exact) mass is 413 g/mol. The number of benzene rings is 2. The second-order valence-electron chi connectivity index (χ2n) is 6.69. The Bertz CT molecular complexity index is 1050. The van der Waals surface area contributed by atoms with Crippen molar-refractivity contribution in [2.24, 2.45) is 0 Å². The molecule has 29 heavy (non-hydrogen) atoms. The molecule has 3 rings (SSSR count). The van der Waals surface area contributed by atoms with E-state index in [9.17, 15) is 13.2 Å². The van der Waals surface area contributed by atoms with Crippen LogP contribution in [0, 0.1) is 0 Å². The van der Waals surface area contributed by atoms with E-state index in [0.29, 0.717) is 0 Å². The number of nitrogens with zero attached hydrogens (tertiary/aromatic N) is 5. The predicted molar refractivity (Wildman–Crippen MR) is 109 cm³/mol. The maximum Gasteiger partial charge on any atom is 0.243 e. The van der Waals surface area contributed by atoms with Gasteiger partial charge in [-0.3, -0.25) is 4.79 Å². The molecule has 9 heteroatoms. The summed E-state index contributed by atoms with van der Waals surface area (Å²) in [6.07, 6.45) is 3.07. The molecule has 1 heterocycles. The lowest BCUT2D eigenvalue weighted by Crippen LogP contribution is -2.40. The molecule has 0 saturated heterocycles. The van der Waals surface area contributed by atoms with Crippen LogP contribution >= 0.6 is 0 Å². The average Bonchev–Trinajstić information content (AvgIpc) is 3.28. The Balaban J connectivity index is 1.67. The van der Waals surface area contributed by atoms with Gasteiger partial charge in [0.05, 0.1) is 23.2 Å². The standard InChI is InChI=1S/C20H23N5O3S/c1-16(17-9-11-18(12-10-17)25-15-21-14-22-25)24(3)20(26)13-23(2)29(27,28)19-7-5-4-6-8-19/h4-12,14-16H,13H2,1-3H3. The summed E-state index contributed by atoms with van der Waals surface area (Å²) in [5.74, 6) is -0.292. The van der Waals surface area contributed by atoms with Crippen LogP contribution in [0.4, 0.5) is 0 Å². The van der Waals surface area contributed by atoms with Gasteiger partial charge in [-0.05, 0) is 36.8 Å². The third kappa shape index (κ3) is 4.52. The molecular formula is C20H23N5O3S. The van der Waals surface area contributed by atoms with E-state index in [-0.39, 0.29) is 23.4 Å². The number of hydrogen-bond acceptors (Lipinski definition) is 5. The van der Waals surface area contributed by atoms with Crippen LogP contribution < -0.4 is 0 Å². The molecule has 0 aliphatic heterocycles. The lowest BCUT2D eigenvalue weighted by atomic mass is 10.1. The van der Waals surface area contributed by atoms with Gasteiger partial charge in [0, 0.05) is 14.1 Å². The van der Waals surface area contributed by atoms with Gasteiger partial charge in [-0.2, -0.15) is 9.40 Å². The van der Waals surface area contributed by atoms with Gasteiger partial charge in [-0.1, -0.05) is 30.3 Å². The molecular weight excluding hydrogens is 390 g/mol. The summed E-state index contributed by atoms with van der Waals surface area (Å²) in [5, 5.41) is 4.08. The summed E-state index contributed by atoms with van der Waals surface area (Å²) >= 11 is 0. The Morgan fingerprint density at radius 3 is 2.31 bits per heavy atom. The molecule has 8 nitrogen and oxygen atoms in total. The normalized spacial score (nSPS) is 12.7. The van der Waals surface area contributed by atoms with E-state index in [1.165, 1.54) is 25.5 Å². The highest BCUT2D eigenvalue weighted by Gasteiger charge is 2.26. The topological polar surface area (TPSA) is 88.4 Å². The number of carbonyl (C=O) groups is 1. The van der Waals surface area contributed by atoms with Gasteiger partial charge in [-0.15, -0.1) is 0 Å². The molecule has 152 valence electrons. The highest BCUT2D eigenvalue weighted by atomic mass is 32.2. The highest BCUT2D eigenvalue weighted by Crippen LogP contribution is 2.21. The number of likely N-dealkylation sites (N-methyl/N-ethyl adjacent to an activating group) is 2. The molecule has 1 amide bonds. The van der Waals surface area contributed by atoms with Gasteiger partial charge in [0.15, 0.2) is 0 Å². The Labute approximate surface area is 170 Å². The Kier molecular flexibility index (Phi) is 6.09. The van der Waals surface area contributed by atoms with Gasteiger partial charge in [0.25, 0.3) is 0 Å². The SMILES string of the molecule is CC(c1ccc(-n2cncn2)cc1)N(C)C(=O)CN(C)S(=O)(=O)c1ccccc1. The van der Waals surface area contributed by atoms with Crippen LogP contribution in [0.1, 0.15) is 18.5 Å². The van der Waals surface area contributed by atoms with Crippen molar-refractivity contribution in [2.75, 3.05) is 20.6 Å². The van der Waals surface area contributed by atoms with Gasteiger partial charge in [-0.25, -0.2) is 18.1 Å². The molecule has 1 unspecified atom stereocenters. The van der Waals surface area contributed by atoms with E-state index < -0.39 is 10.0 Å². The number of carbonyl (C=O) groups excluding carboxylic acids is 1. The fourth-order valence-electron chi connectivity index (χ4n) is 2.85. The molecule has 0 fully saturated rings. The van der Waals surface area contributed by atoms with E-state index in [0.717, 1.165) is 15.6 Å². The Morgan fingerprint density at radius 1 is 1.07 bits per heavy atom. The number of amides is 1. The van der Waals surface area contributed by atoms with Crippen molar-refractivity contribution >= 4 is 15.9 Å². The fraction of sp³-hybridized carbons (Fsp3) is 0.250. The maximum atomic E-state index is 12.7. The van der Waals surface area contributed by atoms with Crippen molar-refractivity contribution in [1.29, 1.82) is 0 Å². The molecule has 0 spiro atoms. The fourth-order valence-corrected chi connectivity index (χ4v) is 3.99. The minimum Gasteiger partial charge on any atom is -0.338 e. The van der Waals surface area contributed by atoms with Crippen LogP contribution in [-0.2, 0) is 14.8 Å². The molecule has 0 aliphatic carbocycles. The number of rotatable bonds is 7. The van der Waals surface area contributed by atoms with Gasteiger partial charge in [0.2, 0.25) is 15.9 Å². The maximum absolute atomic E-state index is 12.7. The lowest BCUT2D eigenvalue weighted by Gasteiger charge is -2.27. The smallest absolute Gasteiger partial charge is 0.243 e. The molecule has 1 atom stereocenters. The first-order chi connectivity index (χ1) is 13.8. The third-order valence-electron chi connectivity index (χ3n) is 4.84. The van der Waals surface area contributed by atoms with Crippen LogP contribution in [-0.4, -0.2) is 58.9 Å². The van der Waals surface area contributed by atoms with Crippen LogP contribution in [0.5, 0.6) is 0 Å². The summed E-state index contributed by atoms with van der Waals surface area (Å²) in [4.78, 5) is 18.3. The first kappa shape index (κ1) is 20.7. The van der Waals surface area contributed by atoms with E-state index in [2.05, 4.69) is 10.1 Å². The zero-order chi connectivity index (χ0) is 21.0. The zero-order valence-corrected chi connectivity index (χ0v) is 17.3. The van der Waals surface area contributed by atoms with Crippen molar-refractivity contribution in [3.05, 3.63) is 72.8 Å². The number of sulfonamides is 1. The Morgan fingerprint density at radius 2 is 1.72 bits per heavy atom. The largest absolute Gasteiger partial charge is 0.338 e. The summed E-state index contributed by atoms with van der Waals surface area (Å²) in [7, 11) is -0.642. The van der Waals surface area contributed by atoms with Crippen molar-refractivity contribution in [3.63, 3.8) is 0 Å². The number of aromatic nitrogens is 3. The third-order valence-corrected chi connectivity index (χ3v) is 6.66. The van der Waals surface area contributed by atoms with Crippen LogP contribution in [0.3, 0.4) is 0 Å². The van der Waals surface area contributed by atoms with Crippen molar-refractivity contribution in [3.8, 4) is 5.69 Å². The molecule has 0 saturated carbocycles. The average molecular weight is 414 g/mol. The van der Waals surface area contributed by atoms with E-state index in [1.807, 2.05) is 31.2 Å². The van der Waals surface area contributed by atoms with Crippen LogP contribution in [0.2, 0.25) is 0 Å². The second kappa shape index (κ2) is 8.54. The van der Waals surface area contributed by atoms with E-state index in [1.54, 1.807) is 41.2 Å². The quantitative estimate of drug-likeness (QED) is 0.592. The summed E-state index contributed by atoms with van der Waals surface area (Å²) in [5.41, 5.74) is 1.79. The summed E-state index contributed by atoms with van der Waals surface area (Å²) in [6.45, 7) is 1.66. The summed E-state index contributed by atoms with van der Waals surface area (Å²) in [6, 6.07) is 15.5. The highest BCUT2D eigenvalue weighted by molar-refractivity contribution is 7.89. The van der Waals surface area contributed by atoms with Crippen molar-refractivity contribution in [1.82, 2.24) is 24.0 Å². The first-order valence-electron chi connectivity index (χ1n) is 9.02. The van der Waals surface area contributed by atoms with Crippen LogP contribution in [0.25, 0.3) is 5.69 Å². The minimum atomic E-state index is -3.72. The first-order valence-corrected chi connectivity index (χ1v) is 10.5. The lowest BCUT2D eigenvalue weighted by molar-refractivity contribution is -0.131. The molecule has 3 aromatic rings. The molecule has 2 aromatic carbocycles.